The van der Waals surface area contributed by atoms with Crippen molar-refractivity contribution in [3.05, 3.63) is 22.4 Å². The van der Waals surface area contributed by atoms with Gasteiger partial charge in [0.1, 0.15) is 0 Å². The van der Waals surface area contributed by atoms with Crippen LogP contribution in [0.15, 0.2) is 16.7 Å². The van der Waals surface area contributed by atoms with E-state index < -0.39 is 0 Å². The van der Waals surface area contributed by atoms with Gasteiger partial charge in [0, 0.05) is 35.8 Å². The van der Waals surface area contributed by atoms with E-state index in [9.17, 15) is 9.59 Å². The van der Waals surface area contributed by atoms with Crippen molar-refractivity contribution in [3.8, 4) is 0 Å². The third-order valence-electron chi connectivity index (χ3n) is 2.74. The average Bonchev–Trinajstić information content (AvgIpc) is 2.62. The molecule has 1 amide bonds. The zero-order valence-corrected chi connectivity index (χ0v) is 12.5. The number of hydrogen-bond donors (Lipinski definition) is 0. The molecule has 0 radical (unpaired) electrons. The van der Waals surface area contributed by atoms with E-state index in [1.165, 1.54) is 18.7 Å². The van der Waals surface area contributed by atoms with Crippen LogP contribution in [0.5, 0.6) is 0 Å². The van der Waals surface area contributed by atoms with Crippen LogP contribution in [0.1, 0.15) is 19.0 Å². The number of carbonyl (C=O) groups excluding carboxylic acids is 2. The molecule has 0 aliphatic carbocycles. The number of rotatable bonds is 2. The van der Waals surface area contributed by atoms with Crippen LogP contribution in [-0.2, 0) is 9.59 Å². The Hall–Kier alpha value is -0.880. The molecule has 1 aromatic rings. The first kappa shape index (κ1) is 13.5. The molecule has 18 heavy (non-hydrogen) atoms. The lowest BCUT2D eigenvalue weighted by atomic mass is 10.3. The van der Waals surface area contributed by atoms with Crippen LogP contribution >= 0.6 is 27.7 Å². The highest BCUT2D eigenvalue weighted by molar-refractivity contribution is 9.10. The number of thioether (sulfide) groups is 1. The largest absolute Gasteiger partial charge is 0.309 e. The predicted molar refractivity (Wildman–Crippen MR) is 75.7 cm³/mol. The standard InChI is InChI=1S/C12H13BrN2O2S/c1-7-11(3-9(13)5-14-7)15-6-10(4-12(15)17)18-8(2)16/h3,5,10H,4,6H2,1-2H3. The molecule has 1 fully saturated rings. The summed E-state index contributed by atoms with van der Waals surface area (Å²) in [4.78, 5) is 29.0. The molecular formula is C12H13BrN2O2S. The van der Waals surface area contributed by atoms with Crippen LogP contribution < -0.4 is 4.90 Å². The van der Waals surface area contributed by atoms with Crippen molar-refractivity contribution in [1.82, 2.24) is 4.98 Å². The number of aryl methyl sites for hydroxylation is 1. The van der Waals surface area contributed by atoms with E-state index in [-0.39, 0.29) is 16.3 Å². The minimum atomic E-state index is 0.0494. The molecule has 0 bridgehead atoms. The molecule has 1 aliphatic heterocycles. The first-order valence-electron chi connectivity index (χ1n) is 5.57. The molecule has 1 aliphatic rings. The summed E-state index contributed by atoms with van der Waals surface area (Å²) in [5.41, 5.74) is 1.64. The molecule has 1 atom stereocenters. The second-order valence-electron chi connectivity index (χ2n) is 4.20. The van der Waals surface area contributed by atoms with Gasteiger partial charge in [-0.25, -0.2) is 0 Å². The van der Waals surface area contributed by atoms with Crippen LogP contribution in [0.4, 0.5) is 5.69 Å². The minimum Gasteiger partial charge on any atom is -0.309 e. The number of halogens is 1. The molecule has 6 heteroatoms. The average molecular weight is 329 g/mol. The maximum absolute atomic E-state index is 12.0. The Balaban J connectivity index is 2.21. The Bertz CT molecular complexity index is 507. The summed E-state index contributed by atoms with van der Waals surface area (Å²) in [7, 11) is 0. The summed E-state index contributed by atoms with van der Waals surface area (Å²) in [6.45, 7) is 3.98. The molecule has 0 spiro atoms. The van der Waals surface area contributed by atoms with Gasteiger partial charge in [-0.2, -0.15) is 0 Å². The molecule has 0 N–H and O–H groups in total. The zero-order chi connectivity index (χ0) is 13.3. The number of aromatic nitrogens is 1. The molecule has 2 heterocycles. The first-order chi connectivity index (χ1) is 8.47. The molecular weight excluding hydrogens is 316 g/mol. The second kappa shape index (κ2) is 5.40. The summed E-state index contributed by atoms with van der Waals surface area (Å²) < 4.78 is 0.846. The fourth-order valence-electron chi connectivity index (χ4n) is 1.99. The van der Waals surface area contributed by atoms with Gasteiger partial charge in [-0.3, -0.25) is 14.6 Å². The maximum atomic E-state index is 12.0. The number of anilines is 1. The van der Waals surface area contributed by atoms with Crippen molar-refractivity contribution < 1.29 is 9.59 Å². The zero-order valence-electron chi connectivity index (χ0n) is 10.1. The summed E-state index contributed by atoms with van der Waals surface area (Å²) in [5, 5.41) is 0.104. The molecule has 96 valence electrons. The summed E-state index contributed by atoms with van der Waals surface area (Å²) in [6, 6.07) is 1.89. The van der Waals surface area contributed by atoms with Gasteiger partial charge in [-0.05, 0) is 28.9 Å². The SMILES string of the molecule is CC(=O)SC1CC(=O)N(c2cc(Br)cnc2C)C1. The number of hydrogen-bond acceptors (Lipinski definition) is 4. The Morgan fingerprint density at radius 1 is 1.61 bits per heavy atom. The fourth-order valence-corrected chi connectivity index (χ4v) is 3.23. The van der Waals surface area contributed by atoms with Crippen molar-refractivity contribution in [3.63, 3.8) is 0 Å². The maximum Gasteiger partial charge on any atom is 0.228 e. The lowest BCUT2D eigenvalue weighted by Gasteiger charge is -2.18. The molecule has 4 nitrogen and oxygen atoms in total. The normalized spacial score (nSPS) is 19.4. The van der Waals surface area contributed by atoms with E-state index in [0.717, 1.165) is 15.9 Å². The lowest BCUT2D eigenvalue weighted by molar-refractivity contribution is -0.117. The second-order valence-corrected chi connectivity index (χ2v) is 6.59. The van der Waals surface area contributed by atoms with Gasteiger partial charge in [0.05, 0.1) is 11.4 Å². The van der Waals surface area contributed by atoms with Crippen molar-refractivity contribution in [1.29, 1.82) is 0 Å². The highest BCUT2D eigenvalue weighted by Crippen LogP contribution is 2.31. The van der Waals surface area contributed by atoms with E-state index in [1.807, 2.05) is 13.0 Å². The molecule has 0 saturated carbocycles. The van der Waals surface area contributed by atoms with Crippen LogP contribution in [0.2, 0.25) is 0 Å². The number of amides is 1. The van der Waals surface area contributed by atoms with Crippen molar-refractivity contribution in [2.45, 2.75) is 25.5 Å². The van der Waals surface area contributed by atoms with E-state index in [1.54, 1.807) is 11.1 Å². The highest BCUT2D eigenvalue weighted by Gasteiger charge is 2.32. The van der Waals surface area contributed by atoms with E-state index in [4.69, 9.17) is 0 Å². The number of nitrogens with zero attached hydrogens (tertiary/aromatic N) is 2. The Morgan fingerprint density at radius 2 is 2.33 bits per heavy atom. The Kier molecular flexibility index (Phi) is 4.07. The van der Waals surface area contributed by atoms with Gasteiger partial charge in [-0.15, -0.1) is 0 Å². The predicted octanol–water partition coefficient (Wildman–Crippen LogP) is 2.54. The van der Waals surface area contributed by atoms with Crippen LogP contribution in [0.3, 0.4) is 0 Å². The van der Waals surface area contributed by atoms with Crippen molar-refractivity contribution in [2.75, 3.05) is 11.4 Å². The van der Waals surface area contributed by atoms with Gasteiger partial charge in [0.15, 0.2) is 5.12 Å². The molecule has 1 aromatic heterocycles. The fraction of sp³-hybridized carbons (Fsp3) is 0.417. The minimum absolute atomic E-state index is 0.0494. The smallest absolute Gasteiger partial charge is 0.228 e. The van der Waals surface area contributed by atoms with Gasteiger partial charge in [0.25, 0.3) is 0 Å². The third-order valence-corrected chi connectivity index (χ3v) is 4.15. The van der Waals surface area contributed by atoms with Crippen LogP contribution in [0, 0.1) is 6.92 Å². The summed E-state index contributed by atoms with van der Waals surface area (Å²) in [5.74, 6) is 0.0525. The Labute approximate surface area is 118 Å². The number of pyridine rings is 1. The monoisotopic (exact) mass is 328 g/mol. The summed E-state index contributed by atoms with van der Waals surface area (Å²) >= 11 is 4.60. The van der Waals surface area contributed by atoms with E-state index in [2.05, 4.69) is 20.9 Å². The van der Waals surface area contributed by atoms with E-state index in [0.29, 0.717) is 13.0 Å². The van der Waals surface area contributed by atoms with Gasteiger partial charge >= 0.3 is 0 Å². The topological polar surface area (TPSA) is 50.3 Å². The van der Waals surface area contributed by atoms with E-state index >= 15 is 0 Å². The molecule has 1 saturated heterocycles. The van der Waals surface area contributed by atoms with Gasteiger partial charge < -0.3 is 4.90 Å². The van der Waals surface area contributed by atoms with Gasteiger partial charge in [-0.1, -0.05) is 11.8 Å². The quantitative estimate of drug-likeness (QED) is 0.837. The lowest BCUT2D eigenvalue weighted by Crippen LogP contribution is -2.26. The Morgan fingerprint density at radius 3 is 3.00 bits per heavy atom. The third kappa shape index (κ3) is 2.92. The summed E-state index contributed by atoms with van der Waals surface area (Å²) in [6.07, 6.45) is 2.12. The molecule has 1 unspecified atom stereocenters. The van der Waals surface area contributed by atoms with Crippen LogP contribution in [0.25, 0.3) is 0 Å². The van der Waals surface area contributed by atoms with Crippen LogP contribution in [-0.4, -0.2) is 27.8 Å². The molecule has 0 aromatic carbocycles. The highest BCUT2D eigenvalue weighted by atomic mass is 79.9. The number of carbonyl (C=O) groups is 2. The van der Waals surface area contributed by atoms with Gasteiger partial charge in [0.2, 0.25) is 5.91 Å². The van der Waals surface area contributed by atoms with Crippen molar-refractivity contribution in [2.24, 2.45) is 0 Å². The van der Waals surface area contributed by atoms with Crippen molar-refractivity contribution >= 4 is 44.4 Å². The first-order valence-corrected chi connectivity index (χ1v) is 7.24. The molecule has 2 rings (SSSR count).